The highest BCUT2D eigenvalue weighted by atomic mass is 32.1. The van der Waals surface area contributed by atoms with Crippen LogP contribution in [0.3, 0.4) is 0 Å². The maximum Gasteiger partial charge on any atom is 0.185 e. The minimum atomic E-state index is 0.0797. The summed E-state index contributed by atoms with van der Waals surface area (Å²) < 4.78 is 0. The molecule has 0 radical (unpaired) electrons. The molecule has 0 amide bonds. The number of hydrogen-bond acceptors (Lipinski definition) is 1. The Morgan fingerprint density at radius 3 is 1.76 bits per heavy atom. The van der Waals surface area contributed by atoms with Gasteiger partial charge in [-0.25, -0.2) is 0 Å². The molecule has 3 heteroatoms. The molecule has 0 fully saturated rings. The molecule has 3 aromatic rings. The second kappa shape index (κ2) is 6.91. The Kier molecular flexibility index (Phi) is 4.32. The molecule has 0 spiro atoms. The van der Waals surface area contributed by atoms with Gasteiger partial charge < -0.3 is 4.90 Å². The third-order valence-electron chi connectivity index (χ3n) is 4.32. The number of anilines is 2. The minimum Gasteiger partial charge on any atom is -0.307 e. The van der Waals surface area contributed by atoms with Crippen LogP contribution in [0.15, 0.2) is 103 Å². The molecule has 1 atom stereocenters. The first-order valence-electron chi connectivity index (χ1n) is 8.30. The molecule has 1 heterocycles. The zero-order chi connectivity index (χ0) is 17.1. The first kappa shape index (κ1) is 15.6. The van der Waals surface area contributed by atoms with E-state index in [1.165, 1.54) is 5.56 Å². The molecule has 3 aromatic carbocycles. The van der Waals surface area contributed by atoms with Crippen molar-refractivity contribution >= 4 is 28.7 Å². The molecule has 1 aliphatic rings. The van der Waals surface area contributed by atoms with Gasteiger partial charge in [0.05, 0.1) is 6.04 Å². The fraction of sp³-hybridized carbons (Fsp3) is 0.0455. The quantitative estimate of drug-likeness (QED) is 0.576. The van der Waals surface area contributed by atoms with Crippen molar-refractivity contribution in [2.75, 3.05) is 9.80 Å². The largest absolute Gasteiger partial charge is 0.307 e. The van der Waals surface area contributed by atoms with Crippen LogP contribution in [0, 0.1) is 0 Å². The SMILES string of the molecule is S=C1N(c2ccccc2)C=CC(c2ccccc2)N1c1ccccc1. The summed E-state index contributed by atoms with van der Waals surface area (Å²) in [5.41, 5.74) is 3.38. The fourth-order valence-electron chi connectivity index (χ4n) is 3.11. The van der Waals surface area contributed by atoms with E-state index in [0.717, 1.165) is 16.5 Å². The van der Waals surface area contributed by atoms with E-state index in [-0.39, 0.29) is 6.04 Å². The highest BCUT2D eigenvalue weighted by Crippen LogP contribution is 2.34. The van der Waals surface area contributed by atoms with Gasteiger partial charge in [-0.2, -0.15) is 0 Å². The van der Waals surface area contributed by atoms with Crippen LogP contribution in [-0.4, -0.2) is 5.11 Å². The molecule has 0 bridgehead atoms. The van der Waals surface area contributed by atoms with Crippen molar-refractivity contribution in [3.63, 3.8) is 0 Å². The van der Waals surface area contributed by atoms with Crippen LogP contribution in [-0.2, 0) is 0 Å². The predicted octanol–water partition coefficient (Wildman–Crippen LogP) is 5.55. The van der Waals surface area contributed by atoms with Gasteiger partial charge in [0.1, 0.15) is 0 Å². The summed E-state index contributed by atoms with van der Waals surface area (Å²) in [4.78, 5) is 4.26. The average Bonchev–Trinajstić information content (AvgIpc) is 2.70. The summed E-state index contributed by atoms with van der Waals surface area (Å²) in [6.07, 6.45) is 4.28. The number of hydrogen-bond donors (Lipinski definition) is 0. The van der Waals surface area contributed by atoms with Gasteiger partial charge in [-0.15, -0.1) is 0 Å². The van der Waals surface area contributed by atoms with E-state index < -0.39 is 0 Å². The van der Waals surface area contributed by atoms with Gasteiger partial charge in [0.25, 0.3) is 0 Å². The van der Waals surface area contributed by atoms with Gasteiger partial charge in [0, 0.05) is 17.6 Å². The van der Waals surface area contributed by atoms with E-state index >= 15 is 0 Å². The van der Waals surface area contributed by atoms with Crippen LogP contribution in [0.4, 0.5) is 11.4 Å². The normalized spacial score (nSPS) is 17.0. The Hall–Kier alpha value is -2.91. The molecule has 4 rings (SSSR count). The average molecular weight is 342 g/mol. The first-order valence-corrected chi connectivity index (χ1v) is 8.71. The Labute approximate surface area is 153 Å². The Balaban J connectivity index is 1.80. The Bertz CT molecular complexity index is 876. The summed E-state index contributed by atoms with van der Waals surface area (Å²) >= 11 is 5.89. The third-order valence-corrected chi connectivity index (χ3v) is 4.71. The Morgan fingerprint density at radius 1 is 0.640 bits per heavy atom. The third kappa shape index (κ3) is 3.06. The molecule has 0 saturated carbocycles. The molecule has 25 heavy (non-hydrogen) atoms. The standard InChI is InChI=1S/C22H18N2S/c25-22-23(19-12-6-2-7-13-19)17-16-21(18-10-4-1-5-11-18)24(22)20-14-8-3-9-15-20/h1-17,21H. The molecule has 122 valence electrons. The van der Waals surface area contributed by atoms with E-state index in [0.29, 0.717) is 0 Å². The molecule has 1 unspecified atom stereocenters. The van der Waals surface area contributed by atoms with Crippen LogP contribution in [0.25, 0.3) is 0 Å². The maximum atomic E-state index is 5.89. The molecule has 0 aromatic heterocycles. The van der Waals surface area contributed by atoms with E-state index in [1.807, 2.05) is 42.5 Å². The molecule has 0 aliphatic carbocycles. The molecule has 2 nitrogen and oxygen atoms in total. The van der Waals surface area contributed by atoms with Crippen molar-refractivity contribution in [2.24, 2.45) is 0 Å². The summed E-state index contributed by atoms with van der Waals surface area (Å²) in [6, 6.07) is 31.1. The van der Waals surface area contributed by atoms with Crippen LogP contribution in [0.2, 0.25) is 0 Å². The first-order chi connectivity index (χ1) is 12.3. The zero-order valence-electron chi connectivity index (χ0n) is 13.7. The van der Waals surface area contributed by atoms with Gasteiger partial charge in [-0.1, -0.05) is 66.7 Å². The lowest BCUT2D eigenvalue weighted by molar-refractivity contribution is 0.850. The molecule has 1 aliphatic heterocycles. The lowest BCUT2D eigenvalue weighted by Gasteiger charge is -2.40. The van der Waals surface area contributed by atoms with Crippen LogP contribution in [0.5, 0.6) is 0 Å². The topological polar surface area (TPSA) is 6.48 Å². The fourth-order valence-corrected chi connectivity index (χ4v) is 3.49. The van der Waals surface area contributed by atoms with Gasteiger partial charge in [-0.3, -0.25) is 4.90 Å². The highest BCUT2D eigenvalue weighted by molar-refractivity contribution is 7.80. The van der Waals surface area contributed by atoms with Crippen LogP contribution >= 0.6 is 12.2 Å². The Morgan fingerprint density at radius 2 is 1.16 bits per heavy atom. The molecular weight excluding hydrogens is 324 g/mol. The lowest BCUT2D eigenvalue weighted by Crippen LogP contribution is -2.45. The van der Waals surface area contributed by atoms with Crippen molar-refractivity contribution < 1.29 is 0 Å². The second-order valence-corrected chi connectivity index (χ2v) is 6.26. The minimum absolute atomic E-state index is 0.0797. The van der Waals surface area contributed by atoms with E-state index in [9.17, 15) is 0 Å². The molecular formula is C22H18N2S. The smallest absolute Gasteiger partial charge is 0.185 e. The number of rotatable bonds is 3. The van der Waals surface area contributed by atoms with Crippen molar-refractivity contribution in [3.05, 3.63) is 109 Å². The molecule has 0 N–H and O–H groups in total. The number of para-hydroxylation sites is 2. The molecule has 0 saturated heterocycles. The van der Waals surface area contributed by atoms with Crippen LogP contribution in [0.1, 0.15) is 11.6 Å². The summed E-state index contributed by atoms with van der Waals surface area (Å²) in [5, 5.41) is 0.772. The highest BCUT2D eigenvalue weighted by Gasteiger charge is 2.29. The van der Waals surface area contributed by atoms with Gasteiger partial charge >= 0.3 is 0 Å². The van der Waals surface area contributed by atoms with E-state index in [2.05, 4.69) is 70.6 Å². The summed E-state index contributed by atoms with van der Waals surface area (Å²) in [5.74, 6) is 0. The van der Waals surface area contributed by atoms with Gasteiger partial charge in [0.2, 0.25) is 0 Å². The van der Waals surface area contributed by atoms with Gasteiger partial charge in [-0.05, 0) is 48.1 Å². The van der Waals surface area contributed by atoms with E-state index in [1.54, 1.807) is 0 Å². The van der Waals surface area contributed by atoms with Crippen molar-refractivity contribution in [2.45, 2.75) is 6.04 Å². The monoisotopic (exact) mass is 342 g/mol. The summed E-state index contributed by atoms with van der Waals surface area (Å²) in [6.45, 7) is 0. The predicted molar refractivity (Wildman–Crippen MR) is 109 cm³/mol. The maximum absolute atomic E-state index is 5.89. The van der Waals surface area contributed by atoms with Crippen molar-refractivity contribution in [3.8, 4) is 0 Å². The van der Waals surface area contributed by atoms with Gasteiger partial charge in [0.15, 0.2) is 5.11 Å². The number of benzene rings is 3. The van der Waals surface area contributed by atoms with Crippen molar-refractivity contribution in [1.29, 1.82) is 0 Å². The number of thiocarbonyl (C=S) groups is 1. The zero-order valence-corrected chi connectivity index (χ0v) is 14.5. The van der Waals surface area contributed by atoms with Crippen LogP contribution < -0.4 is 9.80 Å². The van der Waals surface area contributed by atoms with Crippen molar-refractivity contribution in [1.82, 2.24) is 0 Å². The van der Waals surface area contributed by atoms with E-state index in [4.69, 9.17) is 12.2 Å². The summed E-state index contributed by atoms with van der Waals surface area (Å²) in [7, 11) is 0. The number of nitrogens with zero attached hydrogens (tertiary/aromatic N) is 2. The lowest BCUT2D eigenvalue weighted by atomic mass is 10.0. The second-order valence-electron chi connectivity index (χ2n) is 5.89.